The maximum atomic E-state index is 13.2. The molecule has 6 nitrogen and oxygen atoms in total. The Balaban J connectivity index is 1.85. The van der Waals surface area contributed by atoms with E-state index < -0.39 is 27.6 Å². The monoisotopic (exact) mass is 368 g/mol. The van der Waals surface area contributed by atoms with E-state index in [9.17, 15) is 22.0 Å². The Morgan fingerprint density at radius 3 is 2.60 bits per heavy atom. The molecule has 0 bridgehead atoms. The minimum absolute atomic E-state index is 0.0460. The average molecular weight is 368 g/mol. The van der Waals surface area contributed by atoms with Crippen LogP contribution in [0.1, 0.15) is 10.4 Å². The van der Waals surface area contributed by atoms with Crippen LogP contribution in [0.2, 0.25) is 0 Å². The van der Waals surface area contributed by atoms with Gasteiger partial charge in [-0.15, -0.1) is 0 Å². The Kier molecular flexibility index (Phi) is 4.34. The lowest BCUT2D eigenvalue weighted by molar-refractivity contribution is 0.102. The first kappa shape index (κ1) is 17.2. The number of anilines is 2. The maximum Gasteiger partial charge on any atom is 0.255 e. The minimum atomic E-state index is -3.44. The molecule has 1 amide bonds. The van der Waals surface area contributed by atoms with Gasteiger partial charge in [0.25, 0.3) is 5.91 Å². The fourth-order valence-electron chi connectivity index (χ4n) is 2.46. The number of amides is 1. The average Bonchev–Trinajstić information content (AvgIpc) is 2.55. The Morgan fingerprint density at radius 1 is 1.16 bits per heavy atom. The van der Waals surface area contributed by atoms with E-state index in [1.807, 2.05) is 0 Å². The molecule has 25 heavy (non-hydrogen) atoms. The first-order valence-electron chi connectivity index (χ1n) is 7.26. The van der Waals surface area contributed by atoms with E-state index in [4.69, 9.17) is 4.74 Å². The second-order valence-corrected chi connectivity index (χ2v) is 7.36. The first-order chi connectivity index (χ1) is 11.8. The van der Waals surface area contributed by atoms with Crippen LogP contribution in [0.25, 0.3) is 0 Å². The lowest BCUT2D eigenvalue weighted by atomic mass is 10.2. The highest BCUT2D eigenvalue weighted by Gasteiger charge is 2.25. The van der Waals surface area contributed by atoms with Gasteiger partial charge >= 0.3 is 0 Å². The highest BCUT2D eigenvalue weighted by molar-refractivity contribution is 7.92. The van der Waals surface area contributed by atoms with Crippen LogP contribution in [0, 0.1) is 11.6 Å². The smallest absolute Gasteiger partial charge is 0.255 e. The van der Waals surface area contributed by atoms with Gasteiger partial charge in [0, 0.05) is 17.3 Å². The number of fused-ring (bicyclic) bond motifs is 1. The van der Waals surface area contributed by atoms with Crippen LogP contribution < -0.4 is 14.4 Å². The highest BCUT2D eigenvalue weighted by atomic mass is 32.2. The molecule has 3 rings (SSSR count). The topological polar surface area (TPSA) is 75.7 Å². The first-order valence-corrected chi connectivity index (χ1v) is 9.11. The van der Waals surface area contributed by atoms with E-state index in [-0.39, 0.29) is 18.7 Å². The molecule has 1 N–H and O–H groups in total. The van der Waals surface area contributed by atoms with Crippen molar-refractivity contribution in [2.75, 3.05) is 29.0 Å². The molecule has 0 fully saturated rings. The Bertz CT molecular complexity index is 947. The minimum Gasteiger partial charge on any atom is -0.489 e. The molecular weight excluding hydrogens is 354 g/mol. The molecule has 2 aromatic carbocycles. The summed E-state index contributed by atoms with van der Waals surface area (Å²) in [7, 11) is -3.44. The Hall–Kier alpha value is -2.68. The molecule has 0 spiro atoms. The molecule has 0 radical (unpaired) electrons. The van der Waals surface area contributed by atoms with Crippen molar-refractivity contribution in [3.05, 3.63) is 53.6 Å². The summed E-state index contributed by atoms with van der Waals surface area (Å²) in [5, 5.41) is 2.53. The number of benzene rings is 2. The van der Waals surface area contributed by atoms with Crippen molar-refractivity contribution in [2.24, 2.45) is 0 Å². The number of sulfonamides is 1. The molecule has 0 saturated heterocycles. The summed E-state index contributed by atoms with van der Waals surface area (Å²) in [5.41, 5.74) is 0.665. The van der Waals surface area contributed by atoms with Crippen LogP contribution >= 0.6 is 0 Å². The molecule has 0 atom stereocenters. The number of hydrogen-bond acceptors (Lipinski definition) is 4. The number of ether oxygens (including phenoxy) is 1. The van der Waals surface area contributed by atoms with Crippen molar-refractivity contribution in [1.82, 2.24) is 0 Å². The molecule has 9 heteroatoms. The van der Waals surface area contributed by atoms with Gasteiger partial charge in [-0.05, 0) is 30.3 Å². The molecule has 1 aliphatic rings. The highest BCUT2D eigenvalue weighted by Crippen LogP contribution is 2.35. The van der Waals surface area contributed by atoms with Gasteiger partial charge in [0.2, 0.25) is 10.0 Å². The number of halogens is 2. The number of nitrogens with one attached hydrogen (secondary N) is 1. The van der Waals surface area contributed by atoms with E-state index in [2.05, 4.69) is 5.32 Å². The van der Waals surface area contributed by atoms with Crippen molar-refractivity contribution in [3.8, 4) is 5.75 Å². The fourth-order valence-corrected chi connectivity index (χ4v) is 3.37. The number of rotatable bonds is 3. The predicted octanol–water partition coefficient (Wildman–Crippen LogP) is 2.38. The summed E-state index contributed by atoms with van der Waals surface area (Å²) in [6.45, 7) is 0.382. The van der Waals surface area contributed by atoms with Gasteiger partial charge in [-0.1, -0.05) is 0 Å². The second kappa shape index (κ2) is 6.32. The van der Waals surface area contributed by atoms with E-state index in [1.165, 1.54) is 22.5 Å². The standard InChI is InChI=1S/C16H14F2N2O4S/c1-25(22,23)20-6-7-24-15-9-11(3-5-14(15)20)19-16(21)10-2-4-12(17)13(18)8-10/h2-5,8-9H,6-7H2,1H3,(H,19,21). The van der Waals surface area contributed by atoms with Gasteiger partial charge in [-0.2, -0.15) is 0 Å². The fraction of sp³-hybridized carbons (Fsp3) is 0.188. The summed E-state index contributed by atoms with van der Waals surface area (Å²) >= 11 is 0. The van der Waals surface area contributed by atoms with E-state index >= 15 is 0 Å². The molecule has 1 aliphatic heterocycles. The lowest BCUT2D eigenvalue weighted by Crippen LogP contribution is -2.37. The van der Waals surface area contributed by atoms with Crippen molar-refractivity contribution in [1.29, 1.82) is 0 Å². The van der Waals surface area contributed by atoms with Crippen LogP contribution in [0.15, 0.2) is 36.4 Å². The summed E-state index contributed by atoms with van der Waals surface area (Å²) in [4.78, 5) is 12.1. The summed E-state index contributed by atoms with van der Waals surface area (Å²) < 4.78 is 56.4. The van der Waals surface area contributed by atoms with Crippen LogP contribution in [-0.4, -0.2) is 33.7 Å². The van der Waals surface area contributed by atoms with Gasteiger partial charge in [0.1, 0.15) is 12.4 Å². The number of carbonyl (C=O) groups is 1. The molecule has 1 heterocycles. The number of nitrogens with zero attached hydrogens (tertiary/aromatic N) is 1. The van der Waals surface area contributed by atoms with E-state index in [0.29, 0.717) is 17.1 Å². The van der Waals surface area contributed by atoms with Gasteiger partial charge < -0.3 is 10.1 Å². The molecule has 0 saturated carbocycles. The molecule has 0 aliphatic carbocycles. The van der Waals surface area contributed by atoms with Crippen molar-refractivity contribution in [3.63, 3.8) is 0 Å². The Morgan fingerprint density at radius 2 is 1.92 bits per heavy atom. The third-order valence-corrected chi connectivity index (χ3v) is 4.80. The Labute approximate surface area is 143 Å². The third-order valence-electron chi connectivity index (χ3n) is 3.62. The summed E-state index contributed by atoms with van der Waals surface area (Å²) in [6.07, 6.45) is 1.10. The van der Waals surface area contributed by atoms with Crippen LogP contribution in [0.3, 0.4) is 0 Å². The SMILES string of the molecule is CS(=O)(=O)N1CCOc2cc(NC(=O)c3ccc(F)c(F)c3)ccc21. The molecule has 2 aromatic rings. The van der Waals surface area contributed by atoms with Crippen molar-refractivity contribution < 1.29 is 26.7 Å². The zero-order valence-electron chi connectivity index (χ0n) is 13.1. The van der Waals surface area contributed by atoms with Crippen LogP contribution in [0.5, 0.6) is 5.75 Å². The van der Waals surface area contributed by atoms with Crippen LogP contribution in [-0.2, 0) is 10.0 Å². The van der Waals surface area contributed by atoms with E-state index in [0.717, 1.165) is 24.5 Å². The molecular formula is C16H14F2N2O4S. The molecule has 0 unspecified atom stereocenters. The molecule has 132 valence electrons. The lowest BCUT2D eigenvalue weighted by Gasteiger charge is -2.29. The van der Waals surface area contributed by atoms with Gasteiger partial charge in [0.15, 0.2) is 11.6 Å². The predicted molar refractivity (Wildman–Crippen MR) is 88.4 cm³/mol. The number of carbonyl (C=O) groups excluding carboxylic acids is 1. The van der Waals surface area contributed by atoms with Gasteiger partial charge in [-0.3, -0.25) is 9.10 Å². The van der Waals surface area contributed by atoms with Gasteiger partial charge in [-0.25, -0.2) is 17.2 Å². The van der Waals surface area contributed by atoms with Gasteiger partial charge in [0.05, 0.1) is 18.5 Å². The summed E-state index contributed by atoms with van der Waals surface area (Å²) in [6, 6.07) is 7.31. The van der Waals surface area contributed by atoms with E-state index in [1.54, 1.807) is 0 Å². The maximum absolute atomic E-state index is 13.2. The zero-order valence-corrected chi connectivity index (χ0v) is 13.9. The normalized spacial score (nSPS) is 13.8. The zero-order chi connectivity index (χ0) is 18.2. The third kappa shape index (κ3) is 3.55. The quantitative estimate of drug-likeness (QED) is 0.903. The number of hydrogen-bond donors (Lipinski definition) is 1. The largest absolute Gasteiger partial charge is 0.489 e. The van der Waals surface area contributed by atoms with Crippen molar-refractivity contribution >= 4 is 27.3 Å². The molecule has 0 aromatic heterocycles. The van der Waals surface area contributed by atoms with Crippen molar-refractivity contribution in [2.45, 2.75) is 0 Å². The second-order valence-electron chi connectivity index (χ2n) is 5.45. The van der Waals surface area contributed by atoms with Crippen LogP contribution in [0.4, 0.5) is 20.2 Å². The summed E-state index contributed by atoms with van der Waals surface area (Å²) in [5.74, 6) is -2.49.